The molecule has 1 aromatic carbocycles. The second-order valence-electron chi connectivity index (χ2n) is 7.89. The van der Waals surface area contributed by atoms with Crippen molar-refractivity contribution in [2.24, 2.45) is 0 Å². The molecule has 1 N–H and O–H groups in total. The molecule has 1 fully saturated rings. The Morgan fingerprint density at radius 3 is 2.16 bits per heavy atom. The molecule has 0 aliphatic carbocycles. The van der Waals surface area contributed by atoms with Crippen LogP contribution in [-0.4, -0.2) is 75.3 Å². The summed E-state index contributed by atoms with van der Waals surface area (Å²) < 4.78 is 93.5. The van der Waals surface area contributed by atoms with E-state index in [0.717, 1.165) is 11.0 Å². The van der Waals surface area contributed by atoms with Crippen LogP contribution in [0.3, 0.4) is 0 Å². The van der Waals surface area contributed by atoms with Crippen LogP contribution in [0.4, 0.5) is 30.7 Å². The van der Waals surface area contributed by atoms with Crippen molar-refractivity contribution in [1.82, 2.24) is 24.6 Å². The van der Waals surface area contributed by atoms with Gasteiger partial charge in [0.15, 0.2) is 5.82 Å². The fraction of sp³-hybridized carbons (Fsp3) is 0.474. The van der Waals surface area contributed by atoms with E-state index in [1.165, 1.54) is 17.2 Å². The van der Waals surface area contributed by atoms with E-state index in [-0.39, 0.29) is 31.5 Å². The van der Waals surface area contributed by atoms with Crippen LogP contribution in [0.5, 0.6) is 0 Å². The minimum atomic E-state index is -4.99. The number of likely N-dealkylation sites (tertiary alicyclic amines) is 1. The molecule has 0 spiro atoms. The Balaban J connectivity index is 1.75. The molecule has 1 atom stereocenters. The standard InChI is InChI=1S/C19H20F7N5O/c1-29(2)8-17(20)9-30(10-17)15(32)3-4-31-11-27-16(28-31)12-5-13(18(21,22)23)7-14(6-12)19(24,25)26/h3-7,11,15,32H,8-10H2,1-2H3. The average Bonchev–Trinajstić information content (AvgIpc) is 3.11. The summed E-state index contributed by atoms with van der Waals surface area (Å²) in [6.45, 7) is 0.205. The fourth-order valence-electron chi connectivity index (χ4n) is 3.39. The highest BCUT2D eigenvalue weighted by Crippen LogP contribution is 2.38. The number of benzene rings is 1. The van der Waals surface area contributed by atoms with Crippen molar-refractivity contribution < 1.29 is 35.8 Å². The van der Waals surface area contributed by atoms with Gasteiger partial charge in [0.2, 0.25) is 0 Å². The molecule has 1 aliphatic rings. The van der Waals surface area contributed by atoms with E-state index in [9.17, 15) is 35.8 Å². The van der Waals surface area contributed by atoms with Gasteiger partial charge in [0.1, 0.15) is 18.2 Å². The number of aliphatic hydroxyl groups excluding tert-OH is 1. The van der Waals surface area contributed by atoms with E-state index in [1.807, 2.05) is 0 Å². The molecular weight excluding hydrogens is 447 g/mol. The lowest BCUT2D eigenvalue weighted by atomic mass is 9.95. The van der Waals surface area contributed by atoms with Crippen LogP contribution in [0.2, 0.25) is 0 Å². The van der Waals surface area contributed by atoms with Crippen LogP contribution in [-0.2, 0) is 12.4 Å². The SMILES string of the molecule is CN(C)CC1(F)CN(C(O)C=Cn2cnc(-c3cc(C(F)(F)F)cc(C(F)(F)F)c3)n2)C1. The summed E-state index contributed by atoms with van der Waals surface area (Å²) in [5, 5.41) is 14.0. The van der Waals surface area contributed by atoms with Gasteiger partial charge in [-0.05, 0) is 38.4 Å². The molecule has 6 nitrogen and oxygen atoms in total. The maximum atomic E-state index is 14.3. The molecule has 0 amide bonds. The normalized spacial score (nSPS) is 18.3. The van der Waals surface area contributed by atoms with Crippen LogP contribution >= 0.6 is 0 Å². The number of rotatable bonds is 6. The minimum absolute atomic E-state index is 0.00372. The molecule has 1 aromatic heterocycles. The molecule has 2 heterocycles. The predicted octanol–water partition coefficient (Wildman–Crippen LogP) is 3.36. The maximum absolute atomic E-state index is 14.3. The summed E-state index contributed by atoms with van der Waals surface area (Å²) in [5.41, 5.74) is -4.86. The fourth-order valence-corrected chi connectivity index (χ4v) is 3.39. The van der Waals surface area contributed by atoms with Crippen molar-refractivity contribution in [3.8, 4) is 11.4 Å². The zero-order chi connectivity index (χ0) is 23.9. The first-order valence-electron chi connectivity index (χ1n) is 9.31. The summed E-state index contributed by atoms with van der Waals surface area (Å²) in [6, 6.07) is 1.07. The smallest absolute Gasteiger partial charge is 0.375 e. The first kappa shape index (κ1) is 24.1. The van der Waals surface area contributed by atoms with E-state index < -0.39 is 40.9 Å². The zero-order valence-corrected chi connectivity index (χ0v) is 17.0. The van der Waals surface area contributed by atoms with Gasteiger partial charge in [-0.1, -0.05) is 0 Å². The van der Waals surface area contributed by atoms with Crippen molar-refractivity contribution in [2.45, 2.75) is 24.2 Å². The Morgan fingerprint density at radius 2 is 1.66 bits per heavy atom. The van der Waals surface area contributed by atoms with Gasteiger partial charge in [-0.3, -0.25) is 4.90 Å². The summed E-state index contributed by atoms with van der Waals surface area (Å²) in [7, 11) is 3.45. The van der Waals surface area contributed by atoms with Gasteiger partial charge in [0, 0.05) is 31.4 Å². The Kier molecular flexibility index (Phi) is 6.37. The molecule has 2 aromatic rings. The number of nitrogens with zero attached hydrogens (tertiary/aromatic N) is 5. The van der Waals surface area contributed by atoms with Gasteiger partial charge in [0.05, 0.1) is 11.1 Å². The number of hydrogen-bond acceptors (Lipinski definition) is 5. The van der Waals surface area contributed by atoms with Gasteiger partial charge in [-0.2, -0.15) is 26.3 Å². The number of alkyl halides is 7. The molecule has 32 heavy (non-hydrogen) atoms. The van der Waals surface area contributed by atoms with Crippen LogP contribution in [0, 0.1) is 0 Å². The Morgan fingerprint density at radius 1 is 1.09 bits per heavy atom. The van der Waals surface area contributed by atoms with Crippen LogP contribution in [0.15, 0.2) is 30.6 Å². The molecular formula is C19H20F7N5O. The predicted molar refractivity (Wildman–Crippen MR) is 101 cm³/mol. The number of halogens is 7. The van der Waals surface area contributed by atoms with Gasteiger partial charge in [-0.25, -0.2) is 14.1 Å². The number of aromatic nitrogens is 3. The van der Waals surface area contributed by atoms with Crippen LogP contribution < -0.4 is 0 Å². The first-order valence-corrected chi connectivity index (χ1v) is 9.31. The van der Waals surface area contributed by atoms with Gasteiger partial charge < -0.3 is 10.0 Å². The van der Waals surface area contributed by atoms with E-state index >= 15 is 0 Å². The highest BCUT2D eigenvalue weighted by atomic mass is 19.4. The minimum Gasteiger partial charge on any atom is -0.375 e. The highest BCUT2D eigenvalue weighted by Gasteiger charge is 2.45. The number of hydrogen-bond donors (Lipinski definition) is 1. The zero-order valence-electron chi connectivity index (χ0n) is 17.0. The third-order valence-corrected chi connectivity index (χ3v) is 4.71. The molecule has 1 saturated heterocycles. The van der Waals surface area contributed by atoms with Gasteiger partial charge in [-0.15, -0.1) is 5.10 Å². The largest absolute Gasteiger partial charge is 0.416 e. The van der Waals surface area contributed by atoms with E-state index in [4.69, 9.17) is 0 Å². The second kappa shape index (κ2) is 8.45. The van der Waals surface area contributed by atoms with Crippen molar-refractivity contribution in [3.05, 3.63) is 41.7 Å². The topological polar surface area (TPSA) is 57.4 Å². The quantitative estimate of drug-likeness (QED) is 0.661. The monoisotopic (exact) mass is 467 g/mol. The Hall–Kier alpha value is -2.51. The Labute approximate surface area is 178 Å². The molecule has 3 rings (SSSR count). The molecule has 176 valence electrons. The first-order chi connectivity index (χ1) is 14.7. The second-order valence-corrected chi connectivity index (χ2v) is 7.89. The third-order valence-electron chi connectivity index (χ3n) is 4.71. The third kappa shape index (κ3) is 5.64. The molecule has 0 saturated carbocycles. The molecule has 0 bridgehead atoms. The lowest BCUT2D eigenvalue weighted by Crippen LogP contribution is -2.65. The van der Waals surface area contributed by atoms with Crippen LogP contribution in [0.25, 0.3) is 17.6 Å². The molecule has 1 aliphatic heterocycles. The molecule has 0 radical (unpaired) electrons. The van der Waals surface area contributed by atoms with Crippen molar-refractivity contribution in [1.29, 1.82) is 0 Å². The summed E-state index contributed by atoms with van der Waals surface area (Å²) in [5.74, 6) is -0.363. The van der Waals surface area contributed by atoms with Crippen molar-refractivity contribution >= 4 is 6.20 Å². The summed E-state index contributed by atoms with van der Waals surface area (Å²) in [6.07, 6.45) is -7.59. The van der Waals surface area contributed by atoms with E-state index in [2.05, 4.69) is 10.1 Å². The molecule has 13 heteroatoms. The summed E-state index contributed by atoms with van der Waals surface area (Å²) >= 11 is 0. The molecule has 1 unspecified atom stereocenters. The summed E-state index contributed by atoms with van der Waals surface area (Å²) in [4.78, 5) is 6.88. The van der Waals surface area contributed by atoms with Gasteiger partial charge >= 0.3 is 12.4 Å². The van der Waals surface area contributed by atoms with E-state index in [0.29, 0.717) is 12.1 Å². The Bertz CT molecular complexity index is 945. The van der Waals surface area contributed by atoms with Crippen molar-refractivity contribution in [3.63, 3.8) is 0 Å². The van der Waals surface area contributed by atoms with Crippen molar-refractivity contribution in [2.75, 3.05) is 33.7 Å². The van der Waals surface area contributed by atoms with E-state index in [1.54, 1.807) is 19.0 Å². The average molecular weight is 467 g/mol. The maximum Gasteiger partial charge on any atom is 0.416 e. The number of aliphatic hydroxyl groups is 1. The lowest BCUT2D eigenvalue weighted by Gasteiger charge is -2.47. The van der Waals surface area contributed by atoms with Crippen LogP contribution in [0.1, 0.15) is 11.1 Å². The lowest BCUT2D eigenvalue weighted by molar-refractivity contribution is -0.143. The highest BCUT2D eigenvalue weighted by molar-refractivity contribution is 5.58. The van der Waals surface area contributed by atoms with Gasteiger partial charge in [0.25, 0.3) is 0 Å².